The molecule has 6 nitrogen and oxygen atoms in total. The van der Waals surface area contributed by atoms with Gasteiger partial charge in [0.1, 0.15) is 5.52 Å². The van der Waals surface area contributed by atoms with Crippen molar-refractivity contribution < 1.29 is 12.8 Å². The number of fused-ring (bicyclic) bond motifs is 1. The molecule has 0 amide bonds. The lowest BCUT2D eigenvalue weighted by atomic mass is 10.3. The van der Waals surface area contributed by atoms with Gasteiger partial charge in [0, 0.05) is 12.6 Å². The molecule has 18 heavy (non-hydrogen) atoms. The van der Waals surface area contributed by atoms with Gasteiger partial charge in [-0.25, -0.2) is 13.1 Å². The van der Waals surface area contributed by atoms with Crippen molar-refractivity contribution in [3.8, 4) is 0 Å². The SMILES string of the molecule is O=S(=O)(N[C@@H]1CCNC1)c1nc2ccccc2o1. The minimum absolute atomic E-state index is 0.0926. The highest BCUT2D eigenvalue weighted by molar-refractivity contribution is 7.89. The number of nitrogens with zero attached hydrogens (tertiary/aromatic N) is 1. The van der Waals surface area contributed by atoms with E-state index < -0.39 is 10.0 Å². The van der Waals surface area contributed by atoms with Gasteiger partial charge in [0.05, 0.1) is 0 Å². The predicted octanol–water partition coefficient (Wildman–Crippen LogP) is 0.468. The van der Waals surface area contributed by atoms with E-state index in [9.17, 15) is 8.42 Å². The van der Waals surface area contributed by atoms with E-state index in [1.54, 1.807) is 24.3 Å². The molecule has 7 heteroatoms. The summed E-state index contributed by atoms with van der Waals surface area (Å²) in [5, 5.41) is 2.83. The first-order valence-corrected chi connectivity index (χ1v) is 7.22. The summed E-state index contributed by atoms with van der Waals surface area (Å²) in [6.07, 6.45) is 0.777. The average molecular weight is 267 g/mol. The van der Waals surface area contributed by atoms with Crippen LogP contribution in [0, 0.1) is 0 Å². The van der Waals surface area contributed by atoms with Crippen LogP contribution in [0.15, 0.2) is 33.9 Å². The normalized spacial score (nSPS) is 20.6. The minimum Gasteiger partial charge on any atom is -0.427 e. The summed E-state index contributed by atoms with van der Waals surface area (Å²) >= 11 is 0. The monoisotopic (exact) mass is 267 g/mol. The van der Waals surface area contributed by atoms with Crippen LogP contribution in [0.2, 0.25) is 0 Å². The smallest absolute Gasteiger partial charge is 0.331 e. The van der Waals surface area contributed by atoms with E-state index in [-0.39, 0.29) is 11.3 Å². The molecule has 0 spiro atoms. The number of hydrogen-bond donors (Lipinski definition) is 2. The molecule has 0 radical (unpaired) electrons. The quantitative estimate of drug-likeness (QED) is 0.844. The number of aromatic nitrogens is 1. The zero-order valence-electron chi connectivity index (χ0n) is 9.59. The Bertz CT molecular complexity index is 626. The molecule has 2 N–H and O–H groups in total. The topological polar surface area (TPSA) is 84.2 Å². The van der Waals surface area contributed by atoms with Crippen molar-refractivity contribution in [2.24, 2.45) is 0 Å². The molecular weight excluding hydrogens is 254 g/mol. The van der Waals surface area contributed by atoms with E-state index in [0.717, 1.165) is 13.0 Å². The van der Waals surface area contributed by atoms with E-state index in [4.69, 9.17) is 4.42 Å². The minimum atomic E-state index is -3.67. The number of nitrogens with one attached hydrogen (secondary N) is 2. The highest BCUT2D eigenvalue weighted by Gasteiger charge is 2.26. The van der Waals surface area contributed by atoms with E-state index >= 15 is 0 Å². The highest BCUT2D eigenvalue weighted by Crippen LogP contribution is 2.18. The van der Waals surface area contributed by atoms with Crippen LogP contribution in [0.1, 0.15) is 6.42 Å². The Morgan fingerprint density at radius 1 is 1.39 bits per heavy atom. The van der Waals surface area contributed by atoms with Gasteiger partial charge in [0.25, 0.3) is 10.0 Å². The average Bonchev–Trinajstić information content (AvgIpc) is 2.96. The Morgan fingerprint density at radius 3 is 2.94 bits per heavy atom. The fourth-order valence-corrected chi connectivity index (χ4v) is 3.15. The van der Waals surface area contributed by atoms with Crippen LogP contribution in [0.3, 0.4) is 0 Å². The molecule has 2 aromatic rings. The second-order valence-corrected chi connectivity index (χ2v) is 5.85. The zero-order valence-corrected chi connectivity index (χ0v) is 10.4. The Labute approximate surface area is 104 Å². The number of hydrogen-bond acceptors (Lipinski definition) is 5. The Balaban J connectivity index is 1.92. The van der Waals surface area contributed by atoms with Gasteiger partial charge in [-0.15, -0.1) is 0 Å². The Morgan fingerprint density at radius 2 is 2.22 bits per heavy atom. The van der Waals surface area contributed by atoms with Crippen molar-refractivity contribution in [3.63, 3.8) is 0 Å². The Hall–Kier alpha value is -1.44. The summed E-state index contributed by atoms with van der Waals surface area (Å²) in [7, 11) is -3.67. The maximum Gasteiger partial charge on any atom is 0.331 e. The van der Waals surface area contributed by atoms with Crippen molar-refractivity contribution >= 4 is 21.1 Å². The van der Waals surface area contributed by atoms with E-state index in [2.05, 4.69) is 15.0 Å². The first-order chi connectivity index (χ1) is 8.65. The van der Waals surface area contributed by atoms with E-state index in [1.165, 1.54) is 0 Å². The summed E-state index contributed by atoms with van der Waals surface area (Å²) in [6.45, 7) is 1.46. The Kier molecular flexibility index (Phi) is 2.81. The van der Waals surface area contributed by atoms with Crippen molar-refractivity contribution in [1.29, 1.82) is 0 Å². The number of sulfonamides is 1. The number of para-hydroxylation sites is 2. The lowest BCUT2D eigenvalue weighted by Crippen LogP contribution is -2.36. The molecule has 1 aliphatic rings. The van der Waals surface area contributed by atoms with Crippen LogP contribution in [-0.2, 0) is 10.0 Å². The molecule has 1 aromatic carbocycles. The van der Waals surface area contributed by atoms with Crippen LogP contribution in [0.4, 0.5) is 0 Å². The van der Waals surface area contributed by atoms with E-state index in [1.807, 2.05) is 0 Å². The lowest BCUT2D eigenvalue weighted by molar-refractivity contribution is 0.448. The number of rotatable bonds is 3. The van der Waals surface area contributed by atoms with Gasteiger partial charge in [0.2, 0.25) is 0 Å². The van der Waals surface area contributed by atoms with Gasteiger partial charge in [0.15, 0.2) is 5.58 Å². The van der Waals surface area contributed by atoms with Crippen LogP contribution in [0.5, 0.6) is 0 Å². The summed E-state index contributed by atoms with van der Waals surface area (Å²) in [5.74, 6) is 0. The molecule has 0 aliphatic carbocycles. The molecule has 1 atom stereocenters. The fraction of sp³-hybridized carbons (Fsp3) is 0.364. The van der Waals surface area contributed by atoms with Crippen molar-refractivity contribution in [2.45, 2.75) is 17.7 Å². The largest absolute Gasteiger partial charge is 0.427 e. The summed E-state index contributed by atoms with van der Waals surface area (Å²) in [5.41, 5.74) is 1.02. The highest BCUT2D eigenvalue weighted by atomic mass is 32.2. The second kappa shape index (κ2) is 4.34. The molecule has 1 fully saturated rings. The van der Waals surface area contributed by atoms with Gasteiger partial charge >= 0.3 is 5.22 Å². The van der Waals surface area contributed by atoms with Crippen LogP contribution >= 0.6 is 0 Å². The zero-order chi connectivity index (χ0) is 12.6. The third-order valence-corrected chi connectivity index (χ3v) is 4.16. The van der Waals surface area contributed by atoms with Crippen molar-refractivity contribution in [3.05, 3.63) is 24.3 Å². The molecule has 0 bridgehead atoms. The van der Waals surface area contributed by atoms with Crippen LogP contribution < -0.4 is 10.0 Å². The molecular formula is C11H13N3O3S. The van der Waals surface area contributed by atoms with Crippen LogP contribution in [-0.4, -0.2) is 32.5 Å². The van der Waals surface area contributed by atoms with Gasteiger partial charge in [-0.2, -0.15) is 4.98 Å². The summed E-state index contributed by atoms with van der Waals surface area (Å²) < 4.78 is 32.0. The maximum atomic E-state index is 12.1. The second-order valence-electron chi connectivity index (χ2n) is 4.26. The maximum absolute atomic E-state index is 12.1. The first kappa shape index (κ1) is 11.6. The first-order valence-electron chi connectivity index (χ1n) is 5.74. The molecule has 96 valence electrons. The number of benzene rings is 1. The molecule has 1 aromatic heterocycles. The summed E-state index contributed by atoms with van der Waals surface area (Å²) in [6, 6.07) is 6.88. The molecule has 2 heterocycles. The molecule has 1 aliphatic heterocycles. The van der Waals surface area contributed by atoms with Gasteiger partial charge in [-0.05, 0) is 25.1 Å². The molecule has 0 saturated carbocycles. The predicted molar refractivity (Wildman–Crippen MR) is 65.6 cm³/mol. The summed E-state index contributed by atoms with van der Waals surface area (Å²) in [4.78, 5) is 3.99. The van der Waals surface area contributed by atoms with Crippen molar-refractivity contribution in [2.75, 3.05) is 13.1 Å². The molecule has 1 saturated heterocycles. The fourth-order valence-electron chi connectivity index (χ4n) is 1.99. The van der Waals surface area contributed by atoms with Gasteiger partial charge in [-0.1, -0.05) is 12.1 Å². The molecule has 3 rings (SSSR count). The third-order valence-electron chi connectivity index (χ3n) is 2.89. The van der Waals surface area contributed by atoms with Gasteiger partial charge in [-0.3, -0.25) is 0 Å². The van der Waals surface area contributed by atoms with E-state index in [0.29, 0.717) is 17.6 Å². The standard InChI is InChI=1S/C11H13N3O3S/c15-18(16,14-8-5-6-12-7-8)11-13-9-3-1-2-4-10(9)17-11/h1-4,8,12,14H,5-7H2/t8-/m1/s1. The lowest BCUT2D eigenvalue weighted by Gasteiger charge is -2.08. The van der Waals surface area contributed by atoms with Crippen molar-refractivity contribution in [1.82, 2.24) is 15.0 Å². The van der Waals surface area contributed by atoms with Crippen LogP contribution in [0.25, 0.3) is 11.1 Å². The molecule has 0 unspecified atom stereocenters. The third kappa shape index (κ3) is 2.12. The number of oxazole rings is 1. The van der Waals surface area contributed by atoms with Gasteiger partial charge < -0.3 is 9.73 Å².